The topological polar surface area (TPSA) is 139 Å². The van der Waals surface area contributed by atoms with Crippen LogP contribution in [-0.2, 0) is 47.3 Å². The number of para-hydroxylation sites is 1. The second-order valence-electron chi connectivity index (χ2n) is 10.6. The van der Waals surface area contributed by atoms with Gasteiger partial charge in [0, 0.05) is 10.7 Å². The summed E-state index contributed by atoms with van der Waals surface area (Å²) >= 11 is 6.16. The van der Waals surface area contributed by atoms with Crippen LogP contribution in [0.1, 0.15) is 22.3 Å². The molecule has 13 heteroatoms. The molecule has 0 aliphatic rings. The van der Waals surface area contributed by atoms with Gasteiger partial charge in [-0.15, -0.1) is 0 Å². The van der Waals surface area contributed by atoms with Crippen molar-refractivity contribution in [2.24, 2.45) is 0 Å². The molecule has 5 aromatic rings. The lowest BCUT2D eigenvalue weighted by molar-refractivity contribution is 0.598. The Labute approximate surface area is 281 Å². The lowest BCUT2D eigenvalue weighted by Gasteiger charge is -2.16. The number of hydrogen-bond donors (Lipinski definition) is 3. The summed E-state index contributed by atoms with van der Waals surface area (Å²) in [5.74, 6) is -0.510. The van der Waals surface area contributed by atoms with E-state index >= 15 is 0 Å². The van der Waals surface area contributed by atoms with Gasteiger partial charge in [0.15, 0.2) is 0 Å². The van der Waals surface area contributed by atoms with Gasteiger partial charge in [-0.1, -0.05) is 121 Å². The number of halogens is 1. The number of anilines is 3. The van der Waals surface area contributed by atoms with Crippen molar-refractivity contribution < 1.29 is 25.3 Å². The van der Waals surface area contributed by atoms with Crippen LogP contribution in [0.4, 0.5) is 17.1 Å². The van der Waals surface area contributed by atoms with E-state index in [9.17, 15) is 25.3 Å². The Hall–Kier alpha value is -4.36. The van der Waals surface area contributed by atoms with Gasteiger partial charge in [-0.3, -0.25) is 14.2 Å². The maximum atomic E-state index is 12.7. The number of aryl methyl sites for hydroxylation is 1. The lowest BCUT2D eigenvalue weighted by atomic mass is 10.2. The molecule has 0 fully saturated rings. The first-order valence-corrected chi connectivity index (χ1v) is 19.6. The monoisotopic (exact) mass is 711 g/mol. The number of nitrogens with one attached hydrogen (secondary N) is 3. The Morgan fingerprint density at radius 2 is 0.787 bits per heavy atom. The first-order valence-electron chi connectivity index (χ1n) is 14.3. The second kappa shape index (κ2) is 16.0. The van der Waals surface area contributed by atoms with Crippen molar-refractivity contribution in [1.82, 2.24) is 0 Å². The number of sulfonamides is 3. The van der Waals surface area contributed by atoms with Crippen molar-refractivity contribution in [2.75, 3.05) is 14.2 Å². The molecule has 0 heterocycles. The average molecular weight is 712 g/mol. The van der Waals surface area contributed by atoms with Crippen molar-refractivity contribution in [3.8, 4) is 0 Å². The van der Waals surface area contributed by atoms with Gasteiger partial charge in [0.1, 0.15) is 0 Å². The zero-order valence-electron chi connectivity index (χ0n) is 25.4. The zero-order chi connectivity index (χ0) is 33.9. The van der Waals surface area contributed by atoms with Crippen LogP contribution in [0.25, 0.3) is 0 Å². The lowest BCUT2D eigenvalue weighted by Crippen LogP contribution is -2.19. The van der Waals surface area contributed by atoms with Gasteiger partial charge in [0.25, 0.3) is 0 Å². The molecule has 0 saturated heterocycles. The summed E-state index contributed by atoms with van der Waals surface area (Å²) in [4.78, 5) is 0. The minimum absolute atomic E-state index is 0.0112. The summed E-state index contributed by atoms with van der Waals surface area (Å²) < 4.78 is 81.8. The molecule has 0 radical (unpaired) electrons. The summed E-state index contributed by atoms with van der Waals surface area (Å²) in [5, 5.41) is 0.318. The molecule has 0 spiro atoms. The summed E-state index contributed by atoms with van der Waals surface area (Å²) in [7, 11) is -10.9. The standard InChI is InChI=1S/C21H21ClN2O4S2.C13H13NO2S/c1-16-12-20(23-29(25,26)14-17-8-4-2-5-9-17)21(13-19(16)22)24-30(27,28)15-18-10-6-3-7-11-18;15-17(16,11-12-7-3-1-4-8-12)14-13-9-5-2-6-10-13/h2-13,23-24H,14-15H2,1H3;1-10,14H,11H2. The third-order valence-electron chi connectivity index (χ3n) is 6.48. The second-order valence-corrected chi connectivity index (χ2v) is 16.1. The minimum atomic E-state index is -3.80. The highest BCUT2D eigenvalue weighted by molar-refractivity contribution is 7.92. The van der Waals surface area contributed by atoms with Gasteiger partial charge in [0.2, 0.25) is 30.1 Å². The van der Waals surface area contributed by atoms with Gasteiger partial charge in [-0.2, -0.15) is 0 Å². The summed E-state index contributed by atoms with van der Waals surface area (Å²) in [6.07, 6.45) is 0. The number of hydrogen-bond acceptors (Lipinski definition) is 6. The van der Waals surface area contributed by atoms with E-state index in [4.69, 9.17) is 11.6 Å². The fraction of sp³-hybridized carbons (Fsp3) is 0.118. The van der Waals surface area contributed by atoms with Crippen molar-refractivity contribution in [2.45, 2.75) is 24.2 Å². The molecule has 0 aromatic heterocycles. The SMILES string of the molecule is Cc1cc(NS(=O)(=O)Cc2ccccc2)c(NS(=O)(=O)Cc2ccccc2)cc1Cl.O=S(=O)(Cc1ccccc1)Nc1ccccc1. The van der Waals surface area contributed by atoms with E-state index in [0.717, 1.165) is 5.56 Å². The zero-order valence-corrected chi connectivity index (χ0v) is 28.6. The molecule has 0 atom stereocenters. The number of rotatable bonds is 12. The fourth-order valence-electron chi connectivity index (χ4n) is 4.36. The highest BCUT2D eigenvalue weighted by Gasteiger charge is 2.19. The highest BCUT2D eigenvalue weighted by atomic mass is 35.5. The van der Waals surface area contributed by atoms with E-state index in [-0.39, 0.29) is 28.6 Å². The van der Waals surface area contributed by atoms with Crippen LogP contribution in [0.5, 0.6) is 0 Å². The molecule has 0 unspecified atom stereocenters. The normalized spacial score (nSPS) is 11.5. The molecule has 0 amide bonds. The smallest absolute Gasteiger partial charge is 0.236 e. The molecule has 0 saturated carbocycles. The first kappa shape index (κ1) is 35.5. The third kappa shape index (κ3) is 12.1. The summed E-state index contributed by atoms with van der Waals surface area (Å²) in [5.41, 5.74) is 3.37. The van der Waals surface area contributed by atoms with Gasteiger partial charge in [-0.05, 0) is 53.4 Å². The average Bonchev–Trinajstić information content (AvgIpc) is 3.01. The van der Waals surface area contributed by atoms with Crippen LogP contribution in [0, 0.1) is 6.92 Å². The Morgan fingerprint density at radius 3 is 1.17 bits per heavy atom. The van der Waals surface area contributed by atoms with E-state index in [0.29, 0.717) is 27.4 Å². The molecule has 3 N–H and O–H groups in total. The highest BCUT2D eigenvalue weighted by Crippen LogP contribution is 2.31. The van der Waals surface area contributed by atoms with Gasteiger partial charge >= 0.3 is 0 Å². The van der Waals surface area contributed by atoms with Crippen LogP contribution < -0.4 is 14.2 Å². The first-order chi connectivity index (χ1) is 22.3. The predicted octanol–water partition coefficient (Wildman–Crippen LogP) is 7.16. The van der Waals surface area contributed by atoms with Gasteiger partial charge < -0.3 is 0 Å². The van der Waals surface area contributed by atoms with E-state index in [2.05, 4.69) is 14.2 Å². The Kier molecular flexibility index (Phi) is 12.1. The maximum Gasteiger partial charge on any atom is 0.236 e. The third-order valence-corrected chi connectivity index (χ3v) is 10.6. The molecule has 0 aliphatic heterocycles. The Bertz CT molecular complexity index is 1940. The van der Waals surface area contributed by atoms with Crippen LogP contribution in [0.3, 0.4) is 0 Å². The fourth-order valence-corrected chi connectivity index (χ4v) is 8.14. The summed E-state index contributed by atoms with van der Waals surface area (Å²) in [6.45, 7) is 1.71. The van der Waals surface area contributed by atoms with Gasteiger partial charge in [0.05, 0.1) is 28.6 Å². The molecule has 5 rings (SSSR count). The van der Waals surface area contributed by atoms with Crippen LogP contribution in [-0.4, -0.2) is 25.3 Å². The molecule has 0 aliphatic carbocycles. The van der Waals surface area contributed by atoms with Crippen molar-refractivity contribution in [3.05, 3.63) is 161 Å². The maximum absolute atomic E-state index is 12.7. The molecular weight excluding hydrogens is 678 g/mol. The summed E-state index contributed by atoms with van der Waals surface area (Å²) in [6, 6.07) is 38.3. The largest absolute Gasteiger partial charge is 0.283 e. The van der Waals surface area contributed by atoms with E-state index < -0.39 is 30.1 Å². The van der Waals surface area contributed by atoms with E-state index in [1.54, 1.807) is 104 Å². The molecule has 246 valence electrons. The Morgan fingerprint density at radius 1 is 0.468 bits per heavy atom. The molecule has 0 bridgehead atoms. The molecular formula is C34H34ClN3O6S3. The van der Waals surface area contributed by atoms with Crippen molar-refractivity contribution in [3.63, 3.8) is 0 Å². The van der Waals surface area contributed by atoms with Gasteiger partial charge in [-0.25, -0.2) is 25.3 Å². The van der Waals surface area contributed by atoms with Crippen LogP contribution in [0.15, 0.2) is 133 Å². The Balaban J connectivity index is 0.000000248. The quantitative estimate of drug-likeness (QED) is 0.126. The van der Waals surface area contributed by atoms with Crippen LogP contribution in [0.2, 0.25) is 5.02 Å². The van der Waals surface area contributed by atoms with E-state index in [1.165, 1.54) is 12.1 Å². The van der Waals surface area contributed by atoms with Crippen molar-refractivity contribution in [1.29, 1.82) is 0 Å². The van der Waals surface area contributed by atoms with Crippen LogP contribution >= 0.6 is 11.6 Å². The molecule has 5 aromatic carbocycles. The predicted molar refractivity (Wildman–Crippen MR) is 191 cm³/mol. The minimum Gasteiger partial charge on any atom is -0.283 e. The van der Waals surface area contributed by atoms with Crippen molar-refractivity contribution >= 4 is 58.7 Å². The van der Waals surface area contributed by atoms with E-state index in [1.807, 2.05) is 24.3 Å². The number of benzene rings is 5. The molecule has 47 heavy (non-hydrogen) atoms. The molecule has 9 nitrogen and oxygen atoms in total.